The largest absolute Gasteiger partial charge is 0.494 e. The molecule has 3 heteroatoms. The van der Waals surface area contributed by atoms with Crippen molar-refractivity contribution in [2.24, 2.45) is 0 Å². The maximum Gasteiger partial charge on any atom is 0.494 e. The molecule has 3 aromatic carbocycles. The van der Waals surface area contributed by atoms with Crippen molar-refractivity contribution < 1.29 is 9.31 Å². The van der Waals surface area contributed by atoms with Gasteiger partial charge in [-0.1, -0.05) is 60.7 Å². The molecule has 0 unspecified atom stereocenters. The quantitative estimate of drug-likeness (QED) is 0.452. The van der Waals surface area contributed by atoms with Gasteiger partial charge >= 0.3 is 7.12 Å². The fraction of sp³-hybridized carbons (Fsp3) is 0.280. The number of hydrogen-bond donors (Lipinski definition) is 0. The molecule has 1 aliphatic carbocycles. The Morgan fingerprint density at radius 1 is 0.679 bits per heavy atom. The van der Waals surface area contributed by atoms with Crippen LogP contribution in [-0.2, 0) is 15.7 Å². The van der Waals surface area contributed by atoms with Gasteiger partial charge in [-0.3, -0.25) is 0 Å². The molecule has 2 nitrogen and oxygen atoms in total. The molecule has 140 valence electrons. The molecule has 0 N–H and O–H groups in total. The van der Waals surface area contributed by atoms with E-state index >= 15 is 0 Å². The molecule has 0 atom stereocenters. The number of rotatable bonds is 2. The summed E-state index contributed by atoms with van der Waals surface area (Å²) in [5.41, 5.74) is 8.35. The first-order valence-electron chi connectivity index (χ1n) is 10.0. The highest BCUT2D eigenvalue weighted by molar-refractivity contribution is 6.62. The molecule has 1 saturated heterocycles. The first-order chi connectivity index (χ1) is 13.3. The van der Waals surface area contributed by atoms with Gasteiger partial charge in [0.15, 0.2) is 0 Å². The lowest BCUT2D eigenvalue weighted by molar-refractivity contribution is 0.00578. The molecule has 0 aromatic heterocycles. The normalized spacial score (nSPS) is 18.8. The zero-order valence-electron chi connectivity index (χ0n) is 17.0. The Labute approximate surface area is 167 Å². The van der Waals surface area contributed by atoms with Gasteiger partial charge in [-0.15, -0.1) is 0 Å². The van der Waals surface area contributed by atoms with Crippen LogP contribution in [0.3, 0.4) is 0 Å². The van der Waals surface area contributed by atoms with Crippen LogP contribution < -0.4 is 5.46 Å². The van der Waals surface area contributed by atoms with Gasteiger partial charge in [0.05, 0.1) is 11.2 Å². The summed E-state index contributed by atoms with van der Waals surface area (Å²) in [5, 5.41) is 0. The SMILES string of the molecule is CC1(C)OB(c2ccc3c(c2)-c2cc(-c4ccccc4)ccc2C3)OC1(C)C. The van der Waals surface area contributed by atoms with Gasteiger partial charge in [0.25, 0.3) is 0 Å². The zero-order valence-corrected chi connectivity index (χ0v) is 17.0. The summed E-state index contributed by atoms with van der Waals surface area (Å²) in [5.74, 6) is 0. The van der Waals surface area contributed by atoms with E-state index in [-0.39, 0.29) is 18.3 Å². The number of hydrogen-bond acceptors (Lipinski definition) is 2. The summed E-state index contributed by atoms with van der Waals surface area (Å²) >= 11 is 0. The average molecular weight is 368 g/mol. The lowest BCUT2D eigenvalue weighted by Gasteiger charge is -2.32. The van der Waals surface area contributed by atoms with Crippen molar-refractivity contribution in [3.63, 3.8) is 0 Å². The van der Waals surface area contributed by atoms with Crippen LogP contribution in [0.4, 0.5) is 0 Å². The first-order valence-corrected chi connectivity index (χ1v) is 10.0. The predicted octanol–water partition coefficient (Wildman–Crippen LogP) is 5.22. The van der Waals surface area contributed by atoms with Crippen LogP contribution in [0, 0.1) is 0 Å². The minimum atomic E-state index is -0.324. The third-order valence-electron chi connectivity index (χ3n) is 6.55. The van der Waals surface area contributed by atoms with E-state index in [2.05, 4.69) is 94.4 Å². The summed E-state index contributed by atoms with van der Waals surface area (Å²) < 4.78 is 12.5. The van der Waals surface area contributed by atoms with Crippen LogP contribution in [0.2, 0.25) is 0 Å². The molecule has 3 aromatic rings. The standard InChI is InChI=1S/C25H25BO2/c1-24(2)25(3,4)28-26(27-24)21-13-12-20-14-19-11-10-18(15-22(19)23(20)16-21)17-8-6-5-7-9-17/h5-13,15-16H,14H2,1-4H3. The van der Waals surface area contributed by atoms with E-state index < -0.39 is 0 Å². The molecule has 1 heterocycles. The van der Waals surface area contributed by atoms with E-state index in [0.717, 1.165) is 11.9 Å². The molecular formula is C25H25BO2. The summed E-state index contributed by atoms with van der Waals surface area (Å²) in [6, 6.07) is 24.0. The predicted molar refractivity (Wildman–Crippen MR) is 116 cm³/mol. The molecule has 0 saturated carbocycles. The lowest BCUT2D eigenvalue weighted by atomic mass is 9.77. The molecule has 0 spiro atoms. The van der Waals surface area contributed by atoms with E-state index in [1.807, 2.05) is 0 Å². The maximum absolute atomic E-state index is 6.27. The Kier molecular flexibility index (Phi) is 3.84. The van der Waals surface area contributed by atoms with Crippen molar-refractivity contribution in [1.29, 1.82) is 0 Å². The third-order valence-corrected chi connectivity index (χ3v) is 6.55. The lowest BCUT2D eigenvalue weighted by Crippen LogP contribution is -2.41. The average Bonchev–Trinajstić information content (AvgIpc) is 3.14. The minimum absolute atomic E-state index is 0.323. The van der Waals surface area contributed by atoms with E-state index in [4.69, 9.17) is 9.31 Å². The van der Waals surface area contributed by atoms with E-state index in [1.165, 1.54) is 33.4 Å². The minimum Gasteiger partial charge on any atom is -0.399 e. The van der Waals surface area contributed by atoms with E-state index in [9.17, 15) is 0 Å². The van der Waals surface area contributed by atoms with Crippen LogP contribution in [-0.4, -0.2) is 18.3 Å². The Morgan fingerprint density at radius 3 is 1.96 bits per heavy atom. The molecule has 5 rings (SSSR count). The topological polar surface area (TPSA) is 18.5 Å². The van der Waals surface area contributed by atoms with E-state index in [0.29, 0.717) is 0 Å². The van der Waals surface area contributed by atoms with Crippen LogP contribution in [0.15, 0.2) is 66.7 Å². The zero-order chi connectivity index (χ0) is 19.5. The number of benzene rings is 3. The highest BCUT2D eigenvalue weighted by Crippen LogP contribution is 2.40. The molecule has 0 amide bonds. The summed E-state index contributed by atoms with van der Waals surface area (Å²) in [7, 11) is -0.323. The first kappa shape index (κ1) is 17.7. The van der Waals surface area contributed by atoms with Crippen LogP contribution in [0.1, 0.15) is 38.8 Å². The van der Waals surface area contributed by atoms with Crippen molar-refractivity contribution >= 4 is 12.6 Å². The van der Waals surface area contributed by atoms with Gasteiger partial charge in [-0.05, 0) is 79.0 Å². The van der Waals surface area contributed by atoms with Gasteiger partial charge in [0, 0.05) is 0 Å². The molecule has 28 heavy (non-hydrogen) atoms. The fourth-order valence-electron chi connectivity index (χ4n) is 4.12. The highest BCUT2D eigenvalue weighted by Gasteiger charge is 2.51. The molecule has 0 bridgehead atoms. The van der Waals surface area contributed by atoms with Crippen molar-refractivity contribution in [3.05, 3.63) is 77.9 Å². The van der Waals surface area contributed by atoms with Crippen molar-refractivity contribution in [3.8, 4) is 22.3 Å². The summed E-state index contributed by atoms with van der Waals surface area (Å²) in [4.78, 5) is 0. The molecule has 2 aliphatic rings. The monoisotopic (exact) mass is 368 g/mol. The summed E-state index contributed by atoms with van der Waals surface area (Å²) in [6.45, 7) is 8.40. The van der Waals surface area contributed by atoms with Gasteiger partial charge in [-0.2, -0.15) is 0 Å². The van der Waals surface area contributed by atoms with Gasteiger partial charge in [-0.25, -0.2) is 0 Å². The van der Waals surface area contributed by atoms with Crippen molar-refractivity contribution in [2.75, 3.05) is 0 Å². The molecular weight excluding hydrogens is 343 g/mol. The second-order valence-corrected chi connectivity index (χ2v) is 8.92. The fourth-order valence-corrected chi connectivity index (χ4v) is 4.12. The van der Waals surface area contributed by atoms with Gasteiger partial charge < -0.3 is 9.31 Å². The Balaban J connectivity index is 1.54. The van der Waals surface area contributed by atoms with Crippen molar-refractivity contribution in [1.82, 2.24) is 0 Å². The second-order valence-electron chi connectivity index (χ2n) is 8.92. The number of fused-ring (bicyclic) bond motifs is 3. The van der Waals surface area contributed by atoms with Crippen LogP contribution in [0.5, 0.6) is 0 Å². The van der Waals surface area contributed by atoms with E-state index in [1.54, 1.807) is 0 Å². The molecule has 1 fully saturated rings. The van der Waals surface area contributed by atoms with Crippen LogP contribution in [0.25, 0.3) is 22.3 Å². The maximum atomic E-state index is 6.27. The van der Waals surface area contributed by atoms with Gasteiger partial charge in [0.2, 0.25) is 0 Å². The molecule has 0 radical (unpaired) electrons. The Bertz CT molecular complexity index is 1040. The van der Waals surface area contributed by atoms with Crippen molar-refractivity contribution in [2.45, 2.75) is 45.3 Å². The Hall–Kier alpha value is -2.36. The van der Waals surface area contributed by atoms with Crippen LogP contribution >= 0.6 is 0 Å². The summed E-state index contributed by atoms with van der Waals surface area (Å²) in [6.07, 6.45) is 0.989. The Morgan fingerprint density at radius 2 is 1.29 bits per heavy atom. The smallest absolute Gasteiger partial charge is 0.399 e. The molecule has 1 aliphatic heterocycles. The van der Waals surface area contributed by atoms with Gasteiger partial charge in [0.1, 0.15) is 0 Å². The second kappa shape index (κ2) is 6.07. The highest BCUT2D eigenvalue weighted by atomic mass is 16.7. The third kappa shape index (κ3) is 2.73.